The molecule has 6 nitrogen and oxygen atoms in total. The molecule has 1 aromatic rings. The molecule has 2 N–H and O–H groups in total. The van der Waals surface area contributed by atoms with E-state index >= 15 is 0 Å². The van der Waals surface area contributed by atoms with Gasteiger partial charge in [0.1, 0.15) is 0 Å². The Labute approximate surface area is 87.2 Å². The fraction of sp³-hybridized carbons (Fsp3) is 0.571. The molecular weight excluding hydrogens is 210 g/mol. The molecule has 0 saturated heterocycles. The molecule has 0 saturated carbocycles. The molecule has 1 rings (SSSR count). The first-order valence-electron chi connectivity index (χ1n) is 3.97. The monoisotopic (exact) mass is 221 g/mol. The average molecular weight is 222 g/mol. The fourth-order valence-electron chi connectivity index (χ4n) is 0.758. The molecule has 0 radical (unpaired) electrons. The molecule has 0 unspecified atom stereocenters. The molecule has 0 aromatic carbocycles. The van der Waals surface area contributed by atoms with Gasteiger partial charge in [-0.3, -0.25) is 0 Å². The van der Waals surface area contributed by atoms with Crippen molar-refractivity contribution in [2.45, 2.75) is 13.3 Å². The number of aromatic nitrogens is 2. The van der Waals surface area contributed by atoms with E-state index in [2.05, 4.69) is 14.9 Å². The van der Waals surface area contributed by atoms with Crippen LogP contribution in [0.25, 0.3) is 0 Å². The SMILES string of the molecule is CCOC(=O)c1noc(CCN)n1.Cl. The first-order chi connectivity index (χ1) is 6.27. The number of nitrogens with zero attached hydrogens (tertiary/aromatic N) is 2. The lowest BCUT2D eigenvalue weighted by molar-refractivity contribution is 0.0508. The van der Waals surface area contributed by atoms with Crippen LogP contribution in [-0.4, -0.2) is 29.3 Å². The lowest BCUT2D eigenvalue weighted by Crippen LogP contribution is -2.07. The Bertz CT molecular complexity index is 289. The maximum Gasteiger partial charge on any atom is 0.379 e. The highest BCUT2D eigenvalue weighted by molar-refractivity contribution is 5.85. The third kappa shape index (κ3) is 3.31. The molecule has 0 spiro atoms. The minimum atomic E-state index is -0.575. The van der Waals surface area contributed by atoms with Gasteiger partial charge in [0.25, 0.3) is 5.82 Å². The summed E-state index contributed by atoms with van der Waals surface area (Å²) in [5.41, 5.74) is 5.26. The molecule has 80 valence electrons. The largest absolute Gasteiger partial charge is 0.460 e. The van der Waals surface area contributed by atoms with Crippen molar-refractivity contribution >= 4 is 18.4 Å². The molecule has 0 fully saturated rings. The highest BCUT2D eigenvalue weighted by Gasteiger charge is 2.14. The van der Waals surface area contributed by atoms with Gasteiger partial charge in [-0.15, -0.1) is 12.4 Å². The van der Waals surface area contributed by atoms with E-state index in [4.69, 9.17) is 10.3 Å². The Morgan fingerprint density at radius 1 is 1.64 bits per heavy atom. The summed E-state index contributed by atoms with van der Waals surface area (Å²) in [4.78, 5) is 14.8. The first-order valence-corrected chi connectivity index (χ1v) is 3.97. The molecule has 1 heterocycles. The summed E-state index contributed by atoms with van der Waals surface area (Å²) in [5.74, 6) is -0.273. The van der Waals surface area contributed by atoms with Gasteiger partial charge in [-0.2, -0.15) is 4.98 Å². The summed E-state index contributed by atoms with van der Waals surface area (Å²) in [6, 6.07) is 0. The van der Waals surface area contributed by atoms with Gasteiger partial charge >= 0.3 is 5.97 Å². The number of carbonyl (C=O) groups excluding carboxylic acids is 1. The minimum Gasteiger partial charge on any atom is -0.460 e. The molecule has 0 atom stereocenters. The Hall–Kier alpha value is -1.14. The topological polar surface area (TPSA) is 91.2 Å². The van der Waals surface area contributed by atoms with Crippen molar-refractivity contribution in [1.29, 1.82) is 0 Å². The number of ether oxygens (including phenoxy) is 1. The van der Waals surface area contributed by atoms with Crippen LogP contribution in [0.15, 0.2) is 4.52 Å². The van der Waals surface area contributed by atoms with Gasteiger partial charge in [0.2, 0.25) is 5.89 Å². The number of carbonyl (C=O) groups is 1. The summed E-state index contributed by atoms with van der Waals surface area (Å²) < 4.78 is 9.39. The summed E-state index contributed by atoms with van der Waals surface area (Å²) in [7, 11) is 0. The van der Waals surface area contributed by atoms with Crippen molar-refractivity contribution in [2.24, 2.45) is 5.73 Å². The van der Waals surface area contributed by atoms with E-state index in [0.29, 0.717) is 25.5 Å². The smallest absolute Gasteiger partial charge is 0.379 e. The zero-order valence-corrected chi connectivity index (χ0v) is 8.54. The first kappa shape index (κ1) is 12.9. The maximum atomic E-state index is 11.0. The maximum absolute atomic E-state index is 11.0. The van der Waals surface area contributed by atoms with Gasteiger partial charge in [-0.05, 0) is 12.1 Å². The second-order valence-electron chi connectivity index (χ2n) is 2.27. The van der Waals surface area contributed by atoms with Gasteiger partial charge < -0.3 is 15.0 Å². The van der Waals surface area contributed by atoms with Crippen LogP contribution in [0.2, 0.25) is 0 Å². The average Bonchev–Trinajstić information content (AvgIpc) is 2.54. The zero-order valence-electron chi connectivity index (χ0n) is 7.73. The van der Waals surface area contributed by atoms with Gasteiger partial charge in [0, 0.05) is 13.0 Å². The lowest BCUT2D eigenvalue weighted by atomic mass is 10.4. The molecule has 7 heteroatoms. The number of nitrogens with two attached hydrogens (primary N) is 1. The van der Waals surface area contributed by atoms with Crippen LogP contribution in [0, 0.1) is 0 Å². The number of halogens is 1. The number of hydrogen-bond acceptors (Lipinski definition) is 6. The Morgan fingerprint density at radius 2 is 2.36 bits per heavy atom. The molecule has 1 aromatic heterocycles. The Kier molecular flexibility index (Phi) is 5.82. The summed E-state index contributed by atoms with van der Waals surface area (Å²) in [6.07, 6.45) is 0.465. The van der Waals surface area contributed by atoms with Crippen LogP contribution in [0.1, 0.15) is 23.4 Å². The van der Waals surface area contributed by atoms with Crippen molar-refractivity contribution in [2.75, 3.05) is 13.2 Å². The zero-order chi connectivity index (χ0) is 9.68. The van der Waals surface area contributed by atoms with E-state index in [9.17, 15) is 4.79 Å². The highest BCUT2D eigenvalue weighted by atomic mass is 35.5. The number of esters is 1. The van der Waals surface area contributed by atoms with Gasteiger partial charge in [0.05, 0.1) is 6.61 Å². The third-order valence-corrected chi connectivity index (χ3v) is 1.28. The van der Waals surface area contributed by atoms with Gasteiger partial charge in [-0.25, -0.2) is 4.79 Å². The predicted molar refractivity (Wildman–Crippen MR) is 50.3 cm³/mol. The molecular formula is C7H12ClN3O3. The molecule has 0 amide bonds. The summed E-state index contributed by atoms with van der Waals surface area (Å²) >= 11 is 0. The minimum absolute atomic E-state index is 0. The summed E-state index contributed by atoms with van der Waals surface area (Å²) in [5, 5.41) is 3.44. The normalized spacial score (nSPS) is 9.29. The van der Waals surface area contributed by atoms with E-state index in [-0.39, 0.29) is 18.2 Å². The van der Waals surface area contributed by atoms with Crippen molar-refractivity contribution in [3.8, 4) is 0 Å². The van der Waals surface area contributed by atoms with Crippen LogP contribution in [0.4, 0.5) is 0 Å². The molecule has 14 heavy (non-hydrogen) atoms. The summed E-state index contributed by atoms with van der Waals surface area (Å²) in [6.45, 7) is 2.41. The Balaban J connectivity index is 0.00000169. The van der Waals surface area contributed by atoms with Crippen LogP contribution < -0.4 is 5.73 Å². The second kappa shape index (κ2) is 6.33. The van der Waals surface area contributed by atoms with Crippen molar-refractivity contribution in [3.63, 3.8) is 0 Å². The van der Waals surface area contributed by atoms with Crippen molar-refractivity contribution in [3.05, 3.63) is 11.7 Å². The lowest BCUT2D eigenvalue weighted by Gasteiger charge is -1.93. The molecule has 0 aliphatic rings. The predicted octanol–water partition coefficient (Wildman–Crippen LogP) is 0.169. The number of hydrogen-bond donors (Lipinski definition) is 1. The Morgan fingerprint density at radius 3 is 2.93 bits per heavy atom. The quantitative estimate of drug-likeness (QED) is 0.729. The fourth-order valence-corrected chi connectivity index (χ4v) is 0.758. The number of rotatable bonds is 4. The van der Waals surface area contributed by atoms with Gasteiger partial charge in [0.15, 0.2) is 0 Å². The van der Waals surface area contributed by atoms with Crippen LogP contribution in [0.5, 0.6) is 0 Å². The van der Waals surface area contributed by atoms with E-state index in [1.54, 1.807) is 6.92 Å². The standard InChI is InChI=1S/C7H11N3O3.ClH/c1-2-12-7(11)6-9-5(3-4-8)13-10-6;/h2-4,8H2,1H3;1H. The van der Waals surface area contributed by atoms with E-state index < -0.39 is 5.97 Å². The molecule has 0 aliphatic carbocycles. The van der Waals surface area contributed by atoms with E-state index in [1.165, 1.54) is 0 Å². The van der Waals surface area contributed by atoms with Crippen molar-refractivity contribution < 1.29 is 14.1 Å². The van der Waals surface area contributed by atoms with Crippen LogP contribution in [-0.2, 0) is 11.2 Å². The van der Waals surface area contributed by atoms with Crippen LogP contribution in [0.3, 0.4) is 0 Å². The highest BCUT2D eigenvalue weighted by Crippen LogP contribution is 1.99. The van der Waals surface area contributed by atoms with E-state index in [1.807, 2.05) is 0 Å². The van der Waals surface area contributed by atoms with Gasteiger partial charge in [-0.1, -0.05) is 0 Å². The molecule has 0 bridgehead atoms. The molecule has 0 aliphatic heterocycles. The van der Waals surface area contributed by atoms with Crippen LogP contribution >= 0.6 is 12.4 Å². The van der Waals surface area contributed by atoms with E-state index in [0.717, 1.165) is 0 Å². The van der Waals surface area contributed by atoms with Crippen molar-refractivity contribution in [1.82, 2.24) is 10.1 Å². The second-order valence-corrected chi connectivity index (χ2v) is 2.27. The third-order valence-electron chi connectivity index (χ3n) is 1.28.